The number of nitrogens with one attached hydrogen (secondary N) is 1. The first-order valence-corrected chi connectivity index (χ1v) is 7.11. The molecule has 0 saturated carbocycles. The SMILES string of the molecule is CNCCc1nc2cc(F)ccc2n1Cc1ccccc1. The van der Waals surface area contributed by atoms with Gasteiger partial charge in [0.2, 0.25) is 0 Å². The molecule has 0 aliphatic heterocycles. The van der Waals surface area contributed by atoms with Crippen molar-refractivity contribution in [1.82, 2.24) is 14.9 Å². The van der Waals surface area contributed by atoms with Gasteiger partial charge < -0.3 is 9.88 Å². The fourth-order valence-electron chi connectivity index (χ4n) is 2.52. The summed E-state index contributed by atoms with van der Waals surface area (Å²) in [6.07, 6.45) is 0.819. The summed E-state index contributed by atoms with van der Waals surface area (Å²) in [7, 11) is 1.92. The van der Waals surface area contributed by atoms with E-state index in [1.807, 2.05) is 31.3 Å². The van der Waals surface area contributed by atoms with E-state index in [9.17, 15) is 4.39 Å². The van der Waals surface area contributed by atoms with Crippen molar-refractivity contribution in [2.24, 2.45) is 0 Å². The Morgan fingerprint density at radius 2 is 1.95 bits per heavy atom. The molecule has 0 fully saturated rings. The Hall–Kier alpha value is -2.20. The summed E-state index contributed by atoms with van der Waals surface area (Å²) in [5.74, 6) is 0.737. The number of rotatable bonds is 5. The first-order valence-electron chi connectivity index (χ1n) is 7.11. The van der Waals surface area contributed by atoms with Gasteiger partial charge in [-0.05, 0) is 24.7 Å². The van der Waals surface area contributed by atoms with E-state index in [1.165, 1.54) is 17.7 Å². The summed E-state index contributed by atoms with van der Waals surface area (Å²) in [6.45, 7) is 1.60. The third kappa shape index (κ3) is 2.95. The van der Waals surface area contributed by atoms with Gasteiger partial charge in [-0.1, -0.05) is 30.3 Å². The third-order valence-corrected chi connectivity index (χ3v) is 3.57. The molecule has 3 aromatic rings. The fourth-order valence-corrected chi connectivity index (χ4v) is 2.52. The number of imidazole rings is 1. The van der Waals surface area contributed by atoms with Gasteiger partial charge in [-0.3, -0.25) is 0 Å². The molecule has 0 aliphatic rings. The van der Waals surface area contributed by atoms with Crippen LogP contribution < -0.4 is 5.32 Å². The zero-order valence-electron chi connectivity index (χ0n) is 12.0. The van der Waals surface area contributed by atoms with Crippen molar-refractivity contribution < 1.29 is 4.39 Å². The molecule has 21 heavy (non-hydrogen) atoms. The predicted molar refractivity (Wildman–Crippen MR) is 82.9 cm³/mol. The molecular weight excluding hydrogens is 265 g/mol. The Kier molecular flexibility index (Phi) is 3.97. The van der Waals surface area contributed by atoms with Crippen LogP contribution in [0.25, 0.3) is 11.0 Å². The van der Waals surface area contributed by atoms with Crippen molar-refractivity contribution in [1.29, 1.82) is 0 Å². The Morgan fingerprint density at radius 3 is 2.71 bits per heavy atom. The van der Waals surface area contributed by atoms with Gasteiger partial charge in [-0.15, -0.1) is 0 Å². The zero-order chi connectivity index (χ0) is 14.7. The minimum absolute atomic E-state index is 0.243. The quantitative estimate of drug-likeness (QED) is 0.780. The number of hydrogen-bond acceptors (Lipinski definition) is 2. The number of nitrogens with zero attached hydrogens (tertiary/aromatic N) is 2. The second kappa shape index (κ2) is 6.06. The van der Waals surface area contributed by atoms with Crippen LogP contribution in [-0.2, 0) is 13.0 Å². The Bertz CT molecular complexity index is 734. The van der Waals surface area contributed by atoms with E-state index in [-0.39, 0.29) is 5.82 Å². The van der Waals surface area contributed by atoms with Crippen molar-refractivity contribution in [3.05, 3.63) is 65.7 Å². The molecule has 0 saturated heterocycles. The molecular formula is C17H18FN3. The van der Waals surface area contributed by atoms with E-state index in [0.717, 1.165) is 36.4 Å². The number of hydrogen-bond donors (Lipinski definition) is 1. The molecule has 0 unspecified atom stereocenters. The number of benzene rings is 2. The highest BCUT2D eigenvalue weighted by Crippen LogP contribution is 2.19. The lowest BCUT2D eigenvalue weighted by Crippen LogP contribution is -2.14. The van der Waals surface area contributed by atoms with Crippen molar-refractivity contribution in [3.8, 4) is 0 Å². The van der Waals surface area contributed by atoms with Crippen LogP contribution >= 0.6 is 0 Å². The molecule has 3 nitrogen and oxygen atoms in total. The van der Waals surface area contributed by atoms with Gasteiger partial charge in [0.1, 0.15) is 11.6 Å². The van der Waals surface area contributed by atoms with Crippen LogP contribution in [0.4, 0.5) is 4.39 Å². The van der Waals surface area contributed by atoms with E-state index >= 15 is 0 Å². The molecule has 0 amide bonds. The van der Waals surface area contributed by atoms with Crippen LogP contribution in [0.2, 0.25) is 0 Å². The maximum absolute atomic E-state index is 13.4. The second-order valence-corrected chi connectivity index (χ2v) is 5.09. The number of halogens is 1. The van der Waals surface area contributed by atoms with Crippen LogP contribution in [0.5, 0.6) is 0 Å². The van der Waals surface area contributed by atoms with E-state index in [1.54, 1.807) is 0 Å². The third-order valence-electron chi connectivity index (χ3n) is 3.57. The molecule has 1 N–H and O–H groups in total. The topological polar surface area (TPSA) is 29.9 Å². The van der Waals surface area contributed by atoms with Gasteiger partial charge in [-0.25, -0.2) is 9.37 Å². The fraction of sp³-hybridized carbons (Fsp3) is 0.235. The van der Waals surface area contributed by atoms with Gasteiger partial charge in [0, 0.05) is 25.6 Å². The van der Waals surface area contributed by atoms with E-state index in [0.29, 0.717) is 0 Å². The zero-order valence-corrected chi connectivity index (χ0v) is 12.0. The second-order valence-electron chi connectivity index (χ2n) is 5.09. The average Bonchev–Trinajstić information content (AvgIpc) is 2.83. The highest BCUT2D eigenvalue weighted by molar-refractivity contribution is 5.76. The van der Waals surface area contributed by atoms with E-state index in [4.69, 9.17) is 0 Å². The van der Waals surface area contributed by atoms with Crippen molar-refractivity contribution in [2.75, 3.05) is 13.6 Å². The number of likely N-dealkylation sites (N-methyl/N-ethyl adjacent to an activating group) is 1. The van der Waals surface area contributed by atoms with Gasteiger partial charge in [0.15, 0.2) is 0 Å². The molecule has 2 aromatic carbocycles. The van der Waals surface area contributed by atoms with Gasteiger partial charge in [0.25, 0.3) is 0 Å². The van der Waals surface area contributed by atoms with Crippen LogP contribution in [0, 0.1) is 5.82 Å². The number of aromatic nitrogens is 2. The first kappa shape index (κ1) is 13.8. The standard InChI is InChI=1S/C17H18FN3/c1-19-10-9-17-20-15-11-14(18)7-8-16(15)21(17)12-13-5-3-2-4-6-13/h2-8,11,19H,9-10,12H2,1H3. The van der Waals surface area contributed by atoms with Gasteiger partial charge >= 0.3 is 0 Å². The summed E-state index contributed by atoms with van der Waals surface area (Å²) < 4.78 is 15.6. The minimum Gasteiger partial charge on any atom is -0.323 e. The highest BCUT2D eigenvalue weighted by Gasteiger charge is 2.11. The van der Waals surface area contributed by atoms with Gasteiger partial charge in [-0.2, -0.15) is 0 Å². The lowest BCUT2D eigenvalue weighted by Gasteiger charge is -2.09. The van der Waals surface area contributed by atoms with Gasteiger partial charge in [0.05, 0.1) is 11.0 Å². The maximum atomic E-state index is 13.4. The van der Waals surface area contributed by atoms with E-state index in [2.05, 4.69) is 27.0 Å². The largest absolute Gasteiger partial charge is 0.323 e. The molecule has 108 valence electrons. The molecule has 0 spiro atoms. The number of fused-ring (bicyclic) bond motifs is 1. The molecule has 1 heterocycles. The molecule has 0 aliphatic carbocycles. The Balaban J connectivity index is 2.04. The molecule has 1 aromatic heterocycles. The molecule has 4 heteroatoms. The smallest absolute Gasteiger partial charge is 0.125 e. The summed E-state index contributed by atoms with van der Waals surface area (Å²) in [4.78, 5) is 4.59. The van der Waals surface area contributed by atoms with Crippen molar-refractivity contribution in [2.45, 2.75) is 13.0 Å². The maximum Gasteiger partial charge on any atom is 0.125 e. The normalized spacial score (nSPS) is 11.1. The molecule has 0 atom stereocenters. The highest BCUT2D eigenvalue weighted by atomic mass is 19.1. The lowest BCUT2D eigenvalue weighted by atomic mass is 10.2. The monoisotopic (exact) mass is 283 g/mol. The Morgan fingerprint density at radius 1 is 1.14 bits per heavy atom. The van der Waals surface area contributed by atoms with E-state index < -0.39 is 0 Å². The minimum atomic E-state index is -0.243. The van der Waals surface area contributed by atoms with Crippen LogP contribution in [0.1, 0.15) is 11.4 Å². The van der Waals surface area contributed by atoms with Crippen molar-refractivity contribution in [3.63, 3.8) is 0 Å². The Labute approximate surface area is 123 Å². The van der Waals surface area contributed by atoms with Crippen LogP contribution in [0.3, 0.4) is 0 Å². The summed E-state index contributed by atoms with van der Waals surface area (Å²) >= 11 is 0. The van der Waals surface area contributed by atoms with Crippen LogP contribution in [-0.4, -0.2) is 23.1 Å². The van der Waals surface area contributed by atoms with Crippen molar-refractivity contribution >= 4 is 11.0 Å². The lowest BCUT2D eigenvalue weighted by molar-refractivity contribution is 0.629. The summed E-state index contributed by atoms with van der Waals surface area (Å²) in [5.41, 5.74) is 2.91. The first-order chi connectivity index (χ1) is 10.3. The predicted octanol–water partition coefficient (Wildman–Crippen LogP) is 2.99. The average molecular weight is 283 g/mol. The molecule has 0 radical (unpaired) electrons. The molecule has 3 rings (SSSR count). The summed E-state index contributed by atoms with van der Waals surface area (Å²) in [6, 6.07) is 15.1. The van der Waals surface area contributed by atoms with Crippen LogP contribution in [0.15, 0.2) is 48.5 Å². The summed E-state index contributed by atoms with van der Waals surface area (Å²) in [5, 5.41) is 3.14. The molecule has 0 bridgehead atoms.